The van der Waals surface area contributed by atoms with E-state index in [1.165, 1.54) is 57.8 Å². The van der Waals surface area contributed by atoms with E-state index < -0.39 is 26.5 Å². The molecule has 2 heteroatoms. The van der Waals surface area contributed by atoms with Gasteiger partial charge in [-0.25, -0.2) is 0 Å². The van der Waals surface area contributed by atoms with Crippen LogP contribution in [0, 0.1) is 0 Å². The van der Waals surface area contributed by atoms with E-state index in [-0.39, 0.29) is 0 Å². The molecule has 24 heavy (non-hydrogen) atoms. The molecule has 0 saturated carbocycles. The van der Waals surface area contributed by atoms with E-state index in [1.807, 2.05) is 0 Å². The molecule has 0 fully saturated rings. The second kappa shape index (κ2) is 13.0. The van der Waals surface area contributed by atoms with Gasteiger partial charge in [0.2, 0.25) is 0 Å². The molecule has 0 heterocycles. The molecule has 1 unspecified atom stereocenters. The Morgan fingerprint density at radius 2 is 1.12 bits per heavy atom. The summed E-state index contributed by atoms with van der Waals surface area (Å²) in [7, 11) is -1.24. The fourth-order valence-corrected chi connectivity index (χ4v) is 29.8. The summed E-state index contributed by atoms with van der Waals surface area (Å²) in [5, 5.41) is 1.76. The van der Waals surface area contributed by atoms with E-state index >= 15 is 0 Å². The number of allylic oxidation sites excluding steroid dienone is 1. The number of unbranched alkanes of at least 4 members (excludes halogenated alkanes) is 4. The molecule has 0 aromatic carbocycles. The molecule has 0 aliphatic heterocycles. The van der Waals surface area contributed by atoms with Crippen molar-refractivity contribution in [2.45, 2.75) is 122 Å². The molecule has 0 amide bonds. The third-order valence-corrected chi connectivity index (χ3v) is 26.7. The molecule has 0 aliphatic rings. The molecule has 144 valence electrons. The average Bonchev–Trinajstić information content (AvgIpc) is 2.54. The van der Waals surface area contributed by atoms with Gasteiger partial charge in [0.25, 0.3) is 0 Å². The minimum atomic E-state index is -2.18. The topological polar surface area (TPSA) is 0 Å². The molecule has 0 aromatic rings. The van der Waals surface area contributed by atoms with Crippen LogP contribution in [0.4, 0.5) is 0 Å². The van der Waals surface area contributed by atoms with Crippen molar-refractivity contribution in [2.75, 3.05) is 0 Å². The Labute approximate surface area is 160 Å². The first kappa shape index (κ1) is 24.8. The van der Waals surface area contributed by atoms with Crippen LogP contribution >= 0.6 is 0 Å². The zero-order chi connectivity index (χ0) is 18.6. The molecule has 0 bridgehead atoms. The van der Waals surface area contributed by atoms with Gasteiger partial charge in [0.15, 0.2) is 0 Å². The summed E-state index contributed by atoms with van der Waals surface area (Å²) in [6.45, 7) is 22.0. The second-order valence-electron chi connectivity index (χ2n) is 9.14. The first-order valence-corrected chi connectivity index (χ1v) is 22.2. The quantitative estimate of drug-likeness (QED) is 0.215. The normalized spacial score (nSPS) is 14.0. The van der Waals surface area contributed by atoms with Gasteiger partial charge in [0, 0.05) is 0 Å². The molecular weight excluding hydrogens is 411 g/mol. The van der Waals surface area contributed by atoms with Crippen LogP contribution in [-0.4, -0.2) is 26.5 Å². The van der Waals surface area contributed by atoms with Crippen LogP contribution in [0.25, 0.3) is 0 Å². The van der Waals surface area contributed by atoms with Crippen LogP contribution in [0.2, 0.25) is 36.9 Å². The van der Waals surface area contributed by atoms with Crippen molar-refractivity contribution in [3.8, 4) is 0 Å². The van der Waals surface area contributed by atoms with Gasteiger partial charge in [-0.05, 0) is 0 Å². The van der Waals surface area contributed by atoms with Crippen LogP contribution in [0.5, 0.6) is 0 Å². The number of rotatable bonds is 15. The van der Waals surface area contributed by atoms with Crippen LogP contribution < -0.4 is 0 Å². The predicted molar refractivity (Wildman–Crippen MR) is 121 cm³/mol. The first-order chi connectivity index (χ1) is 11.3. The summed E-state index contributed by atoms with van der Waals surface area (Å²) in [6, 6.07) is 0. The van der Waals surface area contributed by atoms with Crippen molar-refractivity contribution in [3.63, 3.8) is 0 Å². The van der Waals surface area contributed by atoms with E-state index in [2.05, 4.69) is 47.3 Å². The Bertz CT molecular complexity index is 308. The van der Waals surface area contributed by atoms with E-state index in [4.69, 9.17) is 6.58 Å². The van der Waals surface area contributed by atoms with Gasteiger partial charge in [-0.2, -0.15) is 0 Å². The summed E-state index contributed by atoms with van der Waals surface area (Å²) >= 11 is -2.18. The van der Waals surface area contributed by atoms with Crippen molar-refractivity contribution < 1.29 is 0 Å². The van der Waals surface area contributed by atoms with E-state index in [9.17, 15) is 0 Å². The molecule has 0 aromatic heterocycles. The Morgan fingerprint density at radius 3 is 1.42 bits per heavy atom. The Morgan fingerprint density at radius 1 is 0.750 bits per heavy atom. The van der Waals surface area contributed by atoms with Crippen molar-refractivity contribution in [3.05, 3.63) is 11.8 Å². The van der Waals surface area contributed by atoms with Crippen molar-refractivity contribution >= 4 is 26.5 Å². The monoisotopic (exact) mass is 460 g/mol. The molecule has 0 spiro atoms. The standard InChI is InChI=1S/C10H21Si.3C4H9.Sn/c1-6-7-8-9-10(2)11(3,4)5;3*1-3-4-2;/h9H,2,6-8H2,1,3-5H3;3*1,3-4H2,2H3;. The van der Waals surface area contributed by atoms with Crippen molar-refractivity contribution in [1.82, 2.24) is 0 Å². The fourth-order valence-electron chi connectivity index (χ4n) is 4.27. The van der Waals surface area contributed by atoms with Crippen LogP contribution in [0.1, 0.15) is 85.5 Å². The van der Waals surface area contributed by atoms with Crippen molar-refractivity contribution in [2.24, 2.45) is 0 Å². The van der Waals surface area contributed by atoms with Crippen LogP contribution in [-0.2, 0) is 0 Å². The third-order valence-electron chi connectivity index (χ3n) is 6.05. The molecule has 0 saturated heterocycles. The maximum atomic E-state index is 4.78. The molecule has 0 radical (unpaired) electrons. The zero-order valence-corrected chi connectivity index (χ0v) is 22.1. The van der Waals surface area contributed by atoms with E-state index in [1.54, 1.807) is 18.5 Å². The summed E-state index contributed by atoms with van der Waals surface area (Å²) < 4.78 is 5.91. The van der Waals surface area contributed by atoms with Gasteiger partial charge in [-0.1, -0.05) is 0 Å². The predicted octanol–water partition coefficient (Wildman–Crippen LogP) is 8.83. The number of hydrogen-bond acceptors (Lipinski definition) is 0. The molecule has 1 atom stereocenters. The molecular formula is C22H48SiSn. The van der Waals surface area contributed by atoms with Crippen LogP contribution in [0.3, 0.4) is 0 Å². The molecule has 0 N–H and O–H groups in total. The molecule has 0 aliphatic carbocycles. The SMILES string of the molecule is C=C([CH](CCCC)[Sn]([CH2]CCC)([CH2]CCC)[CH2]CCC)[Si](C)(C)C. The summed E-state index contributed by atoms with van der Waals surface area (Å²) in [5.74, 6) is 0. The average molecular weight is 459 g/mol. The zero-order valence-electron chi connectivity index (χ0n) is 18.3. The van der Waals surface area contributed by atoms with Gasteiger partial charge < -0.3 is 0 Å². The van der Waals surface area contributed by atoms with Gasteiger partial charge in [-0.3, -0.25) is 0 Å². The Balaban J connectivity index is 5.72. The Hall–Kier alpha value is 0.756. The van der Waals surface area contributed by atoms with Gasteiger partial charge in [0.05, 0.1) is 0 Å². The minimum absolute atomic E-state index is 0.982. The van der Waals surface area contributed by atoms with Crippen molar-refractivity contribution in [1.29, 1.82) is 0 Å². The van der Waals surface area contributed by atoms with E-state index in [0.717, 1.165) is 3.93 Å². The first-order valence-electron chi connectivity index (χ1n) is 11.0. The van der Waals surface area contributed by atoms with Gasteiger partial charge in [0.1, 0.15) is 0 Å². The second-order valence-corrected chi connectivity index (χ2v) is 28.3. The van der Waals surface area contributed by atoms with E-state index in [0.29, 0.717) is 0 Å². The summed E-state index contributed by atoms with van der Waals surface area (Å²) in [5.41, 5.74) is 0. The van der Waals surface area contributed by atoms with Gasteiger partial charge >= 0.3 is 161 Å². The number of hydrogen-bond donors (Lipinski definition) is 0. The Kier molecular flexibility index (Phi) is 13.4. The molecule has 0 rings (SSSR count). The summed E-state index contributed by atoms with van der Waals surface area (Å²) in [6.07, 6.45) is 12.9. The fraction of sp³-hybridized carbons (Fsp3) is 0.909. The van der Waals surface area contributed by atoms with Gasteiger partial charge in [-0.15, -0.1) is 0 Å². The maximum absolute atomic E-state index is 4.78. The summed E-state index contributed by atoms with van der Waals surface area (Å²) in [4.78, 5) is 0. The molecule has 0 nitrogen and oxygen atoms in total. The third kappa shape index (κ3) is 8.42. The van der Waals surface area contributed by atoms with Crippen LogP contribution in [0.15, 0.2) is 11.8 Å².